The van der Waals surface area contributed by atoms with E-state index in [1.807, 2.05) is 36.4 Å². The molecule has 0 unspecified atom stereocenters. The van der Waals surface area contributed by atoms with Crippen LogP contribution in [-0.4, -0.2) is 25.2 Å². The van der Waals surface area contributed by atoms with Crippen LogP contribution in [0.3, 0.4) is 0 Å². The number of para-hydroxylation sites is 1. The third kappa shape index (κ3) is 2.50. The Morgan fingerprint density at radius 3 is 2.65 bits per heavy atom. The summed E-state index contributed by atoms with van der Waals surface area (Å²) in [6, 6.07) is 15.1. The summed E-state index contributed by atoms with van der Waals surface area (Å²) in [5, 5.41) is 21.7. The highest BCUT2D eigenvalue weighted by Crippen LogP contribution is 2.25. The molecular weight excluding hydrogens is 272 g/mol. The quantitative estimate of drug-likeness (QED) is 0.730. The number of pyridine rings is 1. The first-order valence-corrected chi connectivity index (χ1v) is 6.56. The van der Waals surface area contributed by atoms with Crippen LogP contribution in [0.2, 0.25) is 0 Å². The Bertz CT molecular complexity index is 745. The molecule has 0 N–H and O–H groups in total. The molecule has 2 heterocycles. The fourth-order valence-electron chi connectivity index (χ4n) is 1.57. The largest absolute Gasteiger partial charge is 0.248 e. The van der Waals surface area contributed by atoms with Crippen LogP contribution in [0.25, 0.3) is 5.69 Å². The molecule has 20 heavy (non-hydrogen) atoms. The van der Waals surface area contributed by atoms with Gasteiger partial charge in [0.05, 0.1) is 11.3 Å². The molecule has 0 fully saturated rings. The minimum Gasteiger partial charge on any atom is -0.248 e. The topological polar surface area (TPSA) is 80.3 Å². The van der Waals surface area contributed by atoms with Crippen molar-refractivity contribution in [3.8, 4) is 11.8 Å². The Kier molecular flexibility index (Phi) is 3.39. The number of nitrogens with zero attached hydrogens (tertiary/aromatic N) is 6. The lowest BCUT2D eigenvalue weighted by Gasteiger charge is -2.03. The van der Waals surface area contributed by atoms with Crippen molar-refractivity contribution in [3.63, 3.8) is 0 Å². The van der Waals surface area contributed by atoms with Crippen molar-refractivity contribution < 1.29 is 0 Å². The predicted molar refractivity (Wildman–Crippen MR) is 72.2 cm³/mol. The third-order valence-electron chi connectivity index (χ3n) is 2.50. The summed E-state index contributed by atoms with van der Waals surface area (Å²) in [6.45, 7) is 0. The zero-order valence-corrected chi connectivity index (χ0v) is 11.0. The third-order valence-corrected chi connectivity index (χ3v) is 3.39. The van der Waals surface area contributed by atoms with Crippen molar-refractivity contribution in [1.82, 2.24) is 25.2 Å². The van der Waals surface area contributed by atoms with Gasteiger partial charge in [-0.05, 0) is 46.5 Å². The van der Waals surface area contributed by atoms with Crippen LogP contribution in [0.1, 0.15) is 5.56 Å². The van der Waals surface area contributed by atoms with E-state index >= 15 is 0 Å². The molecule has 0 aliphatic heterocycles. The van der Waals surface area contributed by atoms with Crippen LogP contribution in [0.15, 0.2) is 58.8 Å². The molecule has 2 aromatic heterocycles. The normalized spacial score (nSPS) is 10.2. The molecular formula is C13H8N6S. The molecule has 1 aromatic carbocycles. The monoisotopic (exact) mass is 280 g/mol. The van der Waals surface area contributed by atoms with Gasteiger partial charge in [0.2, 0.25) is 5.16 Å². The fourth-order valence-corrected chi connectivity index (χ4v) is 2.31. The van der Waals surface area contributed by atoms with Crippen LogP contribution >= 0.6 is 11.8 Å². The standard InChI is InChI=1S/C13H8N6S/c14-8-10-6-7-12(15-9-10)20-13-16-17-18-19(13)11-4-2-1-3-5-11/h1-7,9H. The molecule has 0 aliphatic rings. The molecule has 0 atom stereocenters. The number of nitriles is 1. The van der Waals surface area contributed by atoms with Crippen LogP contribution in [0.4, 0.5) is 0 Å². The first-order chi connectivity index (χ1) is 9.86. The summed E-state index contributed by atoms with van der Waals surface area (Å²) in [6.07, 6.45) is 1.53. The van der Waals surface area contributed by atoms with Gasteiger partial charge in [0.25, 0.3) is 0 Å². The van der Waals surface area contributed by atoms with Gasteiger partial charge in [-0.3, -0.25) is 0 Å². The lowest BCUT2D eigenvalue weighted by molar-refractivity contribution is 0.756. The molecule has 0 radical (unpaired) electrons. The van der Waals surface area contributed by atoms with Crippen molar-refractivity contribution in [2.45, 2.75) is 10.2 Å². The number of hydrogen-bond acceptors (Lipinski definition) is 6. The summed E-state index contributed by atoms with van der Waals surface area (Å²) >= 11 is 1.34. The van der Waals surface area contributed by atoms with Gasteiger partial charge in [-0.15, -0.1) is 5.10 Å². The molecule has 96 valence electrons. The summed E-state index contributed by atoms with van der Waals surface area (Å²) in [5.74, 6) is 0. The van der Waals surface area contributed by atoms with E-state index in [9.17, 15) is 0 Å². The van der Waals surface area contributed by atoms with E-state index in [0.717, 1.165) is 10.7 Å². The maximum absolute atomic E-state index is 8.74. The van der Waals surface area contributed by atoms with E-state index in [-0.39, 0.29) is 0 Å². The highest BCUT2D eigenvalue weighted by Gasteiger charge is 2.10. The maximum atomic E-state index is 8.74. The molecule has 0 spiro atoms. The van der Waals surface area contributed by atoms with E-state index in [4.69, 9.17) is 5.26 Å². The average molecular weight is 280 g/mol. The van der Waals surface area contributed by atoms with E-state index in [2.05, 4.69) is 20.5 Å². The second kappa shape index (κ2) is 5.50. The summed E-state index contributed by atoms with van der Waals surface area (Å²) in [4.78, 5) is 4.19. The number of hydrogen-bond donors (Lipinski definition) is 0. The zero-order valence-electron chi connectivity index (χ0n) is 10.2. The van der Waals surface area contributed by atoms with Crippen molar-refractivity contribution in [1.29, 1.82) is 5.26 Å². The van der Waals surface area contributed by atoms with Gasteiger partial charge in [-0.2, -0.15) is 9.94 Å². The number of rotatable bonds is 3. The van der Waals surface area contributed by atoms with E-state index in [1.165, 1.54) is 18.0 Å². The molecule has 7 heteroatoms. The van der Waals surface area contributed by atoms with Crippen molar-refractivity contribution in [2.75, 3.05) is 0 Å². The zero-order chi connectivity index (χ0) is 13.8. The molecule has 3 aromatic rings. The lowest BCUT2D eigenvalue weighted by Crippen LogP contribution is -1.98. The number of benzene rings is 1. The van der Waals surface area contributed by atoms with Gasteiger partial charge in [-0.1, -0.05) is 18.2 Å². The number of aromatic nitrogens is 5. The molecule has 0 amide bonds. The van der Waals surface area contributed by atoms with Gasteiger partial charge in [0.15, 0.2) is 0 Å². The highest BCUT2D eigenvalue weighted by molar-refractivity contribution is 7.99. The second-order valence-corrected chi connectivity index (χ2v) is 4.80. The first kappa shape index (κ1) is 12.3. The molecule has 0 saturated heterocycles. The van der Waals surface area contributed by atoms with Gasteiger partial charge in [0.1, 0.15) is 11.1 Å². The average Bonchev–Trinajstić information content (AvgIpc) is 2.97. The highest BCUT2D eigenvalue weighted by atomic mass is 32.2. The van der Waals surface area contributed by atoms with Gasteiger partial charge >= 0.3 is 0 Å². The lowest BCUT2D eigenvalue weighted by atomic mass is 10.3. The van der Waals surface area contributed by atoms with Crippen LogP contribution < -0.4 is 0 Å². The summed E-state index contributed by atoms with van der Waals surface area (Å²) in [7, 11) is 0. The first-order valence-electron chi connectivity index (χ1n) is 5.74. The Morgan fingerprint density at radius 1 is 1.10 bits per heavy atom. The Labute approximate surface area is 119 Å². The summed E-state index contributed by atoms with van der Waals surface area (Å²) < 4.78 is 1.64. The molecule has 6 nitrogen and oxygen atoms in total. The van der Waals surface area contributed by atoms with Crippen LogP contribution in [-0.2, 0) is 0 Å². The minimum absolute atomic E-state index is 0.525. The summed E-state index contributed by atoms with van der Waals surface area (Å²) in [5.41, 5.74) is 1.41. The van der Waals surface area contributed by atoms with Crippen LogP contribution in [0.5, 0.6) is 0 Å². The van der Waals surface area contributed by atoms with Crippen LogP contribution in [0, 0.1) is 11.3 Å². The Hall–Kier alpha value is -2.72. The van der Waals surface area contributed by atoms with Gasteiger partial charge in [-0.25, -0.2) is 4.98 Å². The van der Waals surface area contributed by atoms with Crippen molar-refractivity contribution in [3.05, 3.63) is 54.2 Å². The molecule has 0 saturated carbocycles. The Balaban J connectivity index is 1.89. The second-order valence-electron chi connectivity index (χ2n) is 3.81. The Morgan fingerprint density at radius 2 is 1.95 bits per heavy atom. The van der Waals surface area contributed by atoms with Crippen molar-refractivity contribution in [2.24, 2.45) is 0 Å². The van der Waals surface area contributed by atoms with E-state index < -0.39 is 0 Å². The molecule has 0 aliphatic carbocycles. The molecule has 3 rings (SSSR count). The van der Waals surface area contributed by atoms with Gasteiger partial charge in [0, 0.05) is 6.20 Å². The SMILES string of the molecule is N#Cc1ccc(Sc2nnnn2-c2ccccc2)nc1. The number of tetrazole rings is 1. The van der Waals surface area contributed by atoms with Gasteiger partial charge < -0.3 is 0 Å². The molecule has 0 bridgehead atoms. The van der Waals surface area contributed by atoms with E-state index in [0.29, 0.717) is 10.7 Å². The maximum Gasteiger partial charge on any atom is 0.220 e. The minimum atomic E-state index is 0.525. The van der Waals surface area contributed by atoms with E-state index in [1.54, 1.807) is 16.8 Å². The smallest absolute Gasteiger partial charge is 0.220 e. The fraction of sp³-hybridized carbons (Fsp3) is 0. The predicted octanol–water partition coefficient (Wildman–Crippen LogP) is 2.08. The van der Waals surface area contributed by atoms with Crippen molar-refractivity contribution >= 4 is 11.8 Å².